The predicted molar refractivity (Wildman–Crippen MR) is 124 cm³/mol. The molecule has 0 aliphatic carbocycles. The lowest BCUT2D eigenvalue weighted by Crippen LogP contribution is -2.36. The van der Waals surface area contributed by atoms with E-state index in [0.29, 0.717) is 12.1 Å². The average molecular weight is 411 g/mol. The largest absolute Gasteiger partial charge is 0.378 e. The molecule has 0 unspecified atom stereocenters. The summed E-state index contributed by atoms with van der Waals surface area (Å²) in [7, 11) is 1.83. The first-order valence-electron chi connectivity index (χ1n) is 10.5. The predicted octanol–water partition coefficient (Wildman–Crippen LogP) is 4.20. The molecule has 1 aliphatic rings. The van der Waals surface area contributed by atoms with Crippen LogP contribution in [0.2, 0.25) is 0 Å². The van der Waals surface area contributed by atoms with Gasteiger partial charge < -0.3 is 14.5 Å². The fourth-order valence-corrected chi connectivity index (χ4v) is 3.56. The maximum atomic E-state index is 12.8. The van der Waals surface area contributed by atoms with Crippen molar-refractivity contribution >= 4 is 11.6 Å². The molecule has 0 N–H and O–H groups in total. The van der Waals surface area contributed by atoms with E-state index in [4.69, 9.17) is 4.74 Å². The van der Waals surface area contributed by atoms with Crippen LogP contribution >= 0.6 is 0 Å². The van der Waals surface area contributed by atoms with Crippen molar-refractivity contribution in [3.63, 3.8) is 0 Å². The zero-order chi connectivity index (χ0) is 21.5. The third-order valence-corrected chi connectivity index (χ3v) is 5.34. The lowest BCUT2D eigenvalue weighted by atomic mass is 10.1. The van der Waals surface area contributed by atoms with Crippen molar-refractivity contribution < 1.29 is 9.53 Å². The van der Waals surface area contributed by atoms with E-state index in [0.717, 1.165) is 43.0 Å². The Hall–Kier alpha value is -3.55. The van der Waals surface area contributed by atoms with Crippen LogP contribution in [0.15, 0.2) is 78.9 Å². The maximum absolute atomic E-state index is 12.8. The average Bonchev–Trinajstić information content (AvgIpc) is 2.84. The molecule has 0 bridgehead atoms. The molecule has 1 saturated heterocycles. The minimum absolute atomic E-state index is 0.000163. The van der Waals surface area contributed by atoms with Gasteiger partial charge in [-0.25, -0.2) is 0 Å². The third-order valence-electron chi connectivity index (χ3n) is 5.34. The van der Waals surface area contributed by atoms with Crippen molar-refractivity contribution in [3.05, 3.63) is 101 Å². The monoisotopic (exact) mass is 410 g/mol. The van der Waals surface area contributed by atoms with Crippen molar-refractivity contribution in [1.29, 1.82) is 0 Å². The van der Waals surface area contributed by atoms with Crippen molar-refractivity contribution in [1.82, 2.24) is 4.90 Å². The maximum Gasteiger partial charge on any atom is 0.253 e. The quantitative estimate of drug-likeness (QED) is 0.605. The van der Waals surface area contributed by atoms with Gasteiger partial charge in [-0.1, -0.05) is 42.2 Å². The summed E-state index contributed by atoms with van der Waals surface area (Å²) in [5.74, 6) is 6.28. The number of hydrogen-bond acceptors (Lipinski definition) is 3. The zero-order valence-electron chi connectivity index (χ0n) is 17.8. The van der Waals surface area contributed by atoms with E-state index in [9.17, 15) is 4.79 Å². The lowest BCUT2D eigenvalue weighted by molar-refractivity contribution is 0.0785. The number of nitrogens with zero attached hydrogens (tertiary/aromatic N) is 2. The van der Waals surface area contributed by atoms with E-state index in [2.05, 4.69) is 41.0 Å². The summed E-state index contributed by atoms with van der Waals surface area (Å²) in [4.78, 5) is 16.9. The molecule has 0 aromatic heterocycles. The lowest BCUT2D eigenvalue weighted by Gasteiger charge is -2.29. The summed E-state index contributed by atoms with van der Waals surface area (Å²) in [5, 5.41) is 0. The van der Waals surface area contributed by atoms with Crippen LogP contribution in [0, 0.1) is 11.8 Å². The molecule has 4 rings (SSSR count). The Morgan fingerprint density at radius 2 is 1.48 bits per heavy atom. The highest BCUT2D eigenvalue weighted by Crippen LogP contribution is 2.18. The molecule has 1 aliphatic heterocycles. The third kappa shape index (κ3) is 5.53. The second kappa shape index (κ2) is 9.97. The van der Waals surface area contributed by atoms with Crippen LogP contribution in [0.1, 0.15) is 27.0 Å². The van der Waals surface area contributed by atoms with Gasteiger partial charge in [0.05, 0.1) is 13.2 Å². The van der Waals surface area contributed by atoms with E-state index in [-0.39, 0.29) is 5.91 Å². The Kier molecular flexibility index (Phi) is 6.66. The molecule has 0 saturated carbocycles. The molecule has 0 spiro atoms. The van der Waals surface area contributed by atoms with Crippen molar-refractivity contribution in [3.8, 4) is 11.8 Å². The Labute approximate surface area is 184 Å². The molecule has 1 heterocycles. The normalized spacial score (nSPS) is 13.3. The first-order valence-corrected chi connectivity index (χ1v) is 10.5. The summed E-state index contributed by atoms with van der Waals surface area (Å²) in [5.41, 5.74) is 4.84. The molecule has 156 valence electrons. The van der Waals surface area contributed by atoms with Crippen LogP contribution in [0.5, 0.6) is 0 Å². The minimum atomic E-state index is -0.000163. The number of hydrogen-bond donors (Lipinski definition) is 0. The zero-order valence-corrected chi connectivity index (χ0v) is 17.8. The van der Waals surface area contributed by atoms with Gasteiger partial charge in [0.1, 0.15) is 0 Å². The van der Waals surface area contributed by atoms with Gasteiger partial charge in [-0.2, -0.15) is 0 Å². The highest BCUT2D eigenvalue weighted by Gasteiger charge is 2.13. The van der Waals surface area contributed by atoms with Crippen LogP contribution in [-0.4, -0.2) is 44.2 Å². The summed E-state index contributed by atoms with van der Waals surface area (Å²) < 4.78 is 5.41. The number of ether oxygens (including phenoxy) is 1. The minimum Gasteiger partial charge on any atom is -0.378 e. The Morgan fingerprint density at radius 1 is 0.871 bits per heavy atom. The van der Waals surface area contributed by atoms with Crippen molar-refractivity contribution in [2.45, 2.75) is 6.54 Å². The van der Waals surface area contributed by atoms with Gasteiger partial charge in [0, 0.05) is 49.1 Å². The van der Waals surface area contributed by atoms with Crippen LogP contribution in [-0.2, 0) is 11.3 Å². The Morgan fingerprint density at radius 3 is 2.13 bits per heavy atom. The Bertz CT molecular complexity index is 1060. The number of carbonyl (C=O) groups excluding carboxylic acids is 1. The van der Waals surface area contributed by atoms with Crippen LogP contribution in [0.25, 0.3) is 0 Å². The van der Waals surface area contributed by atoms with E-state index >= 15 is 0 Å². The summed E-state index contributed by atoms with van der Waals surface area (Å²) in [6.45, 7) is 3.95. The molecule has 1 amide bonds. The number of morpholine rings is 1. The van der Waals surface area contributed by atoms with Gasteiger partial charge in [-0.05, 0) is 54.1 Å². The molecule has 0 atom stereocenters. The molecule has 1 fully saturated rings. The standard InChI is InChI=1S/C27H26N2O2/c1-28(21-24-11-15-26(16-12-24)29-17-19-31-20-18-29)27(30)25-13-9-23(10-14-25)8-7-22-5-3-2-4-6-22/h2-6,9-16H,17-21H2,1H3. The number of rotatable bonds is 4. The fourth-order valence-electron chi connectivity index (χ4n) is 3.56. The molecular weight excluding hydrogens is 384 g/mol. The van der Waals surface area contributed by atoms with E-state index in [1.807, 2.05) is 61.6 Å². The van der Waals surface area contributed by atoms with Gasteiger partial charge in [0.2, 0.25) is 0 Å². The smallest absolute Gasteiger partial charge is 0.253 e. The van der Waals surface area contributed by atoms with Crippen LogP contribution < -0.4 is 4.90 Å². The second-order valence-electron chi connectivity index (χ2n) is 7.62. The van der Waals surface area contributed by atoms with Crippen molar-refractivity contribution in [2.75, 3.05) is 38.3 Å². The highest BCUT2D eigenvalue weighted by atomic mass is 16.5. The number of carbonyl (C=O) groups is 1. The Balaban J connectivity index is 1.36. The van der Waals surface area contributed by atoms with Gasteiger partial charge >= 0.3 is 0 Å². The topological polar surface area (TPSA) is 32.8 Å². The van der Waals surface area contributed by atoms with E-state index in [1.165, 1.54) is 5.69 Å². The van der Waals surface area contributed by atoms with Gasteiger partial charge in [-0.3, -0.25) is 4.79 Å². The molecule has 3 aromatic carbocycles. The first-order chi connectivity index (χ1) is 15.2. The number of anilines is 1. The fraction of sp³-hybridized carbons (Fsp3) is 0.222. The summed E-state index contributed by atoms with van der Waals surface area (Å²) in [6.07, 6.45) is 0. The second-order valence-corrected chi connectivity index (χ2v) is 7.62. The summed E-state index contributed by atoms with van der Waals surface area (Å²) >= 11 is 0. The van der Waals surface area contributed by atoms with E-state index in [1.54, 1.807) is 4.90 Å². The highest BCUT2D eigenvalue weighted by molar-refractivity contribution is 5.94. The molecule has 3 aromatic rings. The molecule has 4 heteroatoms. The molecule has 4 nitrogen and oxygen atoms in total. The first kappa shape index (κ1) is 20.7. The number of amides is 1. The number of benzene rings is 3. The molecular formula is C27H26N2O2. The molecule has 0 radical (unpaired) electrons. The SMILES string of the molecule is CN(Cc1ccc(N2CCOCC2)cc1)C(=O)c1ccc(C#Cc2ccccc2)cc1. The van der Waals surface area contributed by atoms with Crippen molar-refractivity contribution in [2.24, 2.45) is 0 Å². The van der Waals surface area contributed by atoms with Crippen LogP contribution in [0.4, 0.5) is 5.69 Å². The van der Waals surface area contributed by atoms with Gasteiger partial charge in [0.15, 0.2) is 0 Å². The van der Waals surface area contributed by atoms with Gasteiger partial charge in [0.25, 0.3) is 5.91 Å². The van der Waals surface area contributed by atoms with E-state index < -0.39 is 0 Å². The molecule has 31 heavy (non-hydrogen) atoms. The van der Waals surface area contributed by atoms with Crippen LogP contribution in [0.3, 0.4) is 0 Å². The van der Waals surface area contributed by atoms with Gasteiger partial charge in [-0.15, -0.1) is 0 Å². The summed E-state index contributed by atoms with van der Waals surface area (Å²) in [6, 6.07) is 25.8.